The summed E-state index contributed by atoms with van der Waals surface area (Å²) in [6.07, 6.45) is 1.77. The van der Waals surface area contributed by atoms with Gasteiger partial charge in [0.15, 0.2) is 5.69 Å². The van der Waals surface area contributed by atoms with Gasteiger partial charge in [-0.15, -0.1) is 11.3 Å². The molecular weight excluding hydrogens is 589 g/mol. The lowest BCUT2D eigenvalue weighted by atomic mass is 9.95. The molecule has 1 aliphatic carbocycles. The molecule has 8 nitrogen and oxygen atoms in total. The Morgan fingerprint density at radius 1 is 1.02 bits per heavy atom. The van der Waals surface area contributed by atoms with Crippen molar-refractivity contribution in [2.45, 2.75) is 30.1 Å². The predicted octanol–water partition coefficient (Wildman–Crippen LogP) is 5.89. The zero-order valence-corrected chi connectivity index (χ0v) is 23.2. The van der Waals surface area contributed by atoms with E-state index in [9.17, 15) is 31.5 Å². The number of nitrogens with zero attached hydrogens (tertiary/aromatic N) is 3. The maximum absolute atomic E-state index is 15.0. The number of benzene rings is 3. The fourth-order valence-electron chi connectivity index (χ4n) is 4.89. The third-order valence-electron chi connectivity index (χ3n) is 6.94. The standard InChI is InChI=1S/C29H21F3N4O4S2/c30-19-3-1-2-17(12-19)20-13-18(7-8-22(20)31)26-21(10-15-4-9-25(23(32)11-15)42(33,39)40)27(16-5-6-16)36(35-26)29-34-24(14-41-29)28(37)38/h1-4,7-9,11-14,16H,5-6,10H2,(H,37,38)(H2,33,39,40). The van der Waals surface area contributed by atoms with Gasteiger partial charge in [-0.2, -0.15) is 5.10 Å². The number of carbonyl (C=O) groups is 1. The van der Waals surface area contributed by atoms with E-state index >= 15 is 0 Å². The first kappa shape index (κ1) is 27.8. The zero-order valence-electron chi connectivity index (χ0n) is 21.6. The molecule has 0 spiro atoms. The molecule has 0 amide bonds. The van der Waals surface area contributed by atoms with Crippen LogP contribution in [-0.2, 0) is 16.4 Å². The first-order valence-electron chi connectivity index (χ1n) is 12.7. The van der Waals surface area contributed by atoms with E-state index in [1.807, 2.05) is 0 Å². The Bertz CT molecular complexity index is 1980. The fourth-order valence-corrected chi connectivity index (χ4v) is 6.24. The normalized spacial score (nSPS) is 13.4. The number of halogens is 3. The predicted molar refractivity (Wildman–Crippen MR) is 150 cm³/mol. The van der Waals surface area contributed by atoms with Gasteiger partial charge in [0.25, 0.3) is 0 Å². The van der Waals surface area contributed by atoms with Crippen molar-refractivity contribution in [3.63, 3.8) is 0 Å². The molecule has 5 aromatic rings. The Morgan fingerprint density at radius 3 is 2.45 bits per heavy atom. The molecule has 3 aromatic carbocycles. The SMILES string of the molecule is NS(=O)(=O)c1ccc(Cc2c(-c3ccc(F)c(-c4cccc(F)c4)c3)nn(-c3nc(C(=O)O)cs3)c2C2CC2)cc1F. The van der Waals surface area contributed by atoms with Gasteiger partial charge in [-0.1, -0.05) is 18.2 Å². The molecule has 13 heteroatoms. The van der Waals surface area contributed by atoms with Crippen molar-refractivity contribution in [2.75, 3.05) is 0 Å². The van der Waals surface area contributed by atoms with E-state index < -0.39 is 38.3 Å². The third kappa shape index (κ3) is 5.33. The number of sulfonamides is 1. The van der Waals surface area contributed by atoms with E-state index in [1.165, 1.54) is 41.8 Å². The van der Waals surface area contributed by atoms with E-state index in [0.29, 0.717) is 33.1 Å². The summed E-state index contributed by atoms with van der Waals surface area (Å²) >= 11 is 1.09. The molecule has 2 heterocycles. The molecule has 1 saturated carbocycles. The maximum Gasteiger partial charge on any atom is 0.355 e. The average molecular weight is 611 g/mol. The summed E-state index contributed by atoms with van der Waals surface area (Å²) in [5, 5.41) is 21.1. The van der Waals surface area contributed by atoms with Crippen LogP contribution >= 0.6 is 11.3 Å². The summed E-state index contributed by atoms with van der Waals surface area (Å²) < 4.78 is 68.8. The van der Waals surface area contributed by atoms with Crippen LogP contribution in [0.25, 0.3) is 27.5 Å². The Kier molecular flexibility index (Phi) is 6.95. The summed E-state index contributed by atoms with van der Waals surface area (Å²) in [4.78, 5) is 15.1. The van der Waals surface area contributed by atoms with E-state index in [1.54, 1.807) is 16.8 Å². The second kappa shape index (κ2) is 10.5. The highest BCUT2D eigenvalue weighted by Crippen LogP contribution is 2.46. The molecule has 42 heavy (non-hydrogen) atoms. The minimum absolute atomic E-state index is 0.0510. The molecule has 2 aromatic heterocycles. The largest absolute Gasteiger partial charge is 0.476 e. The van der Waals surface area contributed by atoms with Crippen LogP contribution in [0.2, 0.25) is 0 Å². The van der Waals surface area contributed by atoms with Crippen molar-refractivity contribution < 1.29 is 31.5 Å². The van der Waals surface area contributed by atoms with E-state index in [-0.39, 0.29) is 23.6 Å². The number of carboxylic acids is 1. The van der Waals surface area contributed by atoms with Gasteiger partial charge in [-0.3, -0.25) is 0 Å². The number of aromatic carboxylic acids is 1. The van der Waals surface area contributed by atoms with Gasteiger partial charge in [-0.05, 0) is 66.4 Å². The Balaban J connectivity index is 1.55. The first-order valence-corrected chi connectivity index (χ1v) is 15.1. The van der Waals surface area contributed by atoms with Crippen molar-refractivity contribution in [1.82, 2.24) is 14.8 Å². The molecule has 1 fully saturated rings. The zero-order chi connectivity index (χ0) is 29.8. The minimum atomic E-state index is -4.27. The molecule has 214 valence electrons. The van der Waals surface area contributed by atoms with Crippen molar-refractivity contribution in [1.29, 1.82) is 0 Å². The lowest BCUT2D eigenvalue weighted by Gasteiger charge is -2.10. The van der Waals surface area contributed by atoms with Crippen LogP contribution in [0, 0.1) is 17.5 Å². The molecule has 0 saturated heterocycles. The number of nitrogens with two attached hydrogens (primary N) is 1. The van der Waals surface area contributed by atoms with Crippen LogP contribution in [0.4, 0.5) is 13.2 Å². The first-order chi connectivity index (χ1) is 20.0. The van der Waals surface area contributed by atoms with Gasteiger partial charge in [0.1, 0.15) is 22.3 Å². The average Bonchev–Trinajstić information content (AvgIpc) is 3.51. The number of rotatable bonds is 8. The van der Waals surface area contributed by atoms with Crippen molar-refractivity contribution in [3.05, 3.63) is 106 Å². The molecule has 1 aliphatic rings. The summed E-state index contributed by atoms with van der Waals surface area (Å²) in [6.45, 7) is 0. The van der Waals surface area contributed by atoms with E-state index in [4.69, 9.17) is 10.2 Å². The highest BCUT2D eigenvalue weighted by Gasteiger charge is 2.34. The molecule has 0 radical (unpaired) electrons. The number of hydrogen-bond acceptors (Lipinski definition) is 6. The number of aromatic nitrogens is 3. The van der Waals surface area contributed by atoms with E-state index in [0.717, 1.165) is 42.0 Å². The number of hydrogen-bond donors (Lipinski definition) is 2. The Hall–Kier alpha value is -4.33. The lowest BCUT2D eigenvalue weighted by Crippen LogP contribution is -2.14. The molecule has 0 atom stereocenters. The van der Waals surface area contributed by atoms with Crippen molar-refractivity contribution >= 4 is 27.3 Å². The molecular formula is C29H21F3N4O4S2. The highest BCUT2D eigenvalue weighted by atomic mass is 32.2. The minimum Gasteiger partial charge on any atom is -0.476 e. The van der Waals surface area contributed by atoms with Gasteiger partial charge in [0.2, 0.25) is 15.2 Å². The van der Waals surface area contributed by atoms with Crippen molar-refractivity contribution in [2.24, 2.45) is 5.14 Å². The maximum atomic E-state index is 15.0. The second-order valence-corrected chi connectivity index (χ2v) is 12.3. The summed E-state index contributed by atoms with van der Waals surface area (Å²) in [5.74, 6) is -3.24. The van der Waals surface area contributed by atoms with Gasteiger partial charge in [0.05, 0.1) is 11.4 Å². The Labute approximate surface area is 241 Å². The molecule has 0 aliphatic heterocycles. The number of primary sulfonamides is 1. The fraction of sp³-hybridized carbons (Fsp3) is 0.138. The number of carboxylic acid groups (broad SMARTS) is 1. The van der Waals surface area contributed by atoms with E-state index in [2.05, 4.69) is 4.98 Å². The summed E-state index contributed by atoms with van der Waals surface area (Å²) in [5.41, 5.74) is 3.05. The van der Waals surface area contributed by atoms with Gasteiger partial charge in [-0.25, -0.2) is 41.2 Å². The van der Waals surface area contributed by atoms with Crippen molar-refractivity contribution in [3.8, 4) is 27.5 Å². The van der Waals surface area contributed by atoms with Gasteiger partial charge in [0, 0.05) is 34.4 Å². The smallest absolute Gasteiger partial charge is 0.355 e. The molecule has 0 bridgehead atoms. The summed E-state index contributed by atoms with van der Waals surface area (Å²) in [7, 11) is -4.27. The van der Waals surface area contributed by atoms with Crippen LogP contribution in [0.1, 0.15) is 46.1 Å². The van der Waals surface area contributed by atoms with Crippen LogP contribution in [0.5, 0.6) is 0 Å². The number of thiazole rings is 1. The quantitative estimate of drug-likeness (QED) is 0.225. The highest BCUT2D eigenvalue weighted by molar-refractivity contribution is 7.89. The molecule has 0 unspecified atom stereocenters. The van der Waals surface area contributed by atoms with Gasteiger partial charge < -0.3 is 5.11 Å². The second-order valence-electron chi connectivity index (χ2n) is 9.91. The monoisotopic (exact) mass is 610 g/mol. The lowest BCUT2D eigenvalue weighted by molar-refractivity contribution is 0.0691. The Morgan fingerprint density at radius 2 is 1.81 bits per heavy atom. The van der Waals surface area contributed by atoms with Crippen LogP contribution in [0.3, 0.4) is 0 Å². The van der Waals surface area contributed by atoms with Crippen LogP contribution in [0.15, 0.2) is 70.9 Å². The third-order valence-corrected chi connectivity index (χ3v) is 8.70. The molecule has 3 N–H and O–H groups in total. The van der Waals surface area contributed by atoms with Crippen LogP contribution in [-0.4, -0.2) is 34.3 Å². The molecule has 6 rings (SSSR count). The van der Waals surface area contributed by atoms with Crippen LogP contribution < -0.4 is 5.14 Å². The summed E-state index contributed by atoms with van der Waals surface area (Å²) in [6, 6.07) is 13.5. The topological polar surface area (TPSA) is 128 Å². The van der Waals surface area contributed by atoms with Gasteiger partial charge >= 0.3 is 5.97 Å².